The molecule has 7 nitrogen and oxygen atoms in total. The van der Waals surface area contributed by atoms with Crippen LogP contribution in [0.3, 0.4) is 0 Å². The van der Waals surface area contributed by atoms with Crippen molar-refractivity contribution in [3.05, 3.63) is 42.0 Å². The Bertz CT molecular complexity index is 987. The average Bonchev–Trinajstić information content (AvgIpc) is 3.20. The van der Waals surface area contributed by atoms with Crippen LogP contribution in [0.5, 0.6) is 11.5 Å². The molecule has 2 amide bonds. The van der Waals surface area contributed by atoms with Gasteiger partial charge in [0.25, 0.3) is 0 Å². The molecule has 2 aromatic carbocycles. The van der Waals surface area contributed by atoms with Crippen LogP contribution in [-0.2, 0) is 0 Å². The van der Waals surface area contributed by atoms with Gasteiger partial charge in [-0.2, -0.15) is 0 Å². The smallest absolute Gasteiger partial charge is 0.321 e. The SMILES string of the molecule is COc1ccc(OC)c2sc(N3CCN(C(=O)Nc4ccccc4C)CC3)nc12. The van der Waals surface area contributed by atoms with Crippen molar-refractivity contribution in [3.63, 3.8) is 0 Å². The summed E-state index contributed by atoms with van der Waals surface area (Å²) in [5.74, 6) is 1.53. The van der Waals surface area contributed by atoms with Gasteiger partial charge in [-0.1, -0.05) is 29.5 Å². The largest absolute Gasteiger partial charge is 0.495 e. The average molecular weight is 413 g/mol. The molecule has 2 heterocycles. The molecule has 1 aromatic heterocycles. The first kappa shape index (κ1) is 19.3. The zero-order valence-corrected chi connectivity index (χ0v) is 17.6. The van der Waals surface area contributed by atoms with Crippen molar-refractivity contribution >= 4 is 38.4 Å². The van der Waals surface area contributed by atoms with Gasteiger partial charge in [-0.25, -0.2) is 9.78 Å². The standard InChI is InChI=1S/C21H24N4O3S/c1-14-6-4-5-7-15(14)22-20(26)24-10-12-25(13-11-24)21-23-18-16(27-2)8-9-17(28-3)19(18)29-21/h4-9H,10-13H2,1-3H3,(H,22,26). The fraction of sp³-hybridized carbons (Fsp3) is 0.333. The predicted molar refractivity (Wildman–Crippen MR) is 117 cm³/mol. The molecular weight excluding hydrogens is 388 g/mol. The van der Waals surface area contributed by atoms with Gasteiger partial charge >= 0.3 is 6.03 Å². The molecule has 29 heavy (non-hydrogen) atoms. The molecule has 0 bridgehead atoms. The van der Waals surface area contributed by atoms with Crippen molar-refractivity contribution < 1.29 is 14.3 Å². The minimum absolute atomic E-state index is 0.0633. The third-order valence-corrected chi connectivity index (χ3v) is 6.25. The van der Waals surface area contributed by atoms with Gasteiger partial charge in [0.15, 0.2) is 5.13 Å². The number of piperazine rings is 1. The third kappa shape index (κ3) is 3.80. The van der Waals surface area contributed by atoms with Gasteiger partial charge in [0.2, 0.25) is 0 Å². The van der Waals surface area contributed by atoms with Crippen LogP contribution in [0, 0.1) is 6.92 Å². The number of anilines is 2. The maximum atomic E-state index is 12.6. The van der Waals surface area contributed by atoms with E-state index in [2.05, 4.69) is 10.2 Å². The highest BCUT2D eigenvalue weighted by Crippen LogP contribution is 2.40. The molecule has 0 unspecified atom stereocenters. The van der Waals surface area contributed by atoms with Crippen molar-refractivity contribution in [1.29, 1.82) is 0 Å². The number of ether oxygens (including phenoxy) is 2. The van der Waals surface area contributed by atoms with Crippen LogP contribution in [0.4, 0.5) is 15.6 Å². The fourth-order valence-corrected chi connectivity index (χ4v) is 4.54. The highest BCUT2D eigenvalue weighted by atomic mass is 32.1. The number of hydrogen-bond acceptors (Lipinski definition) is 6. The first-order chi connectivity index (χ1) is 14.1. The monoisotopic (exact) mass is 412 g/mol. The number of para-hydroxylation sites is 1. The zero-order chi connectivity index (χ0) is 20.4. The molecule has 1 aliphatic heterocycles. The molecule has 4 rings (SSSR count). The maximum Gasteiger partial charge on any atom is 0.321 e. The summed E-state index contributed by atoms with van der Waals surface area (Å²) in [6.07, 6.45) is 0. The molecule has 152 valence electrons. The van der Waals surface area contributed by atoms with E-state index in [4.69, 9.17) is 14.5 Å². The van der Waals surface area contributed by atoms with Gasteiger partial charge in [0.1, 0.15) is 21.7 Å². The second-order valence-electron chi connectivity index (χ2n) is 6.86. The van der Waals surface area contributed by atoms with Crippen LogP contribution in [0.2, 0.25) is 0 Å². The Kier molecular flexibility index (Phi) is 5.44. The summed E-state index contributed by atoms with van der Waals surface area (Å²) in [6, 6.07) is 11.5. The number of nitrogens with zero attached hydrogens (tertiary/aromatic N) is 3. The zero-order valence-electron chi connectivity index (χ0n) is 16.8. The first-order valence-electron chi connectivity index (χ1n) is 9.48. The minimum atomic E-state index is -0.0633. The number of urea groups is 1. The number of hydrogen-bond donors (Lipinski definition) is 1. The summed E-state index contributed by atoms with van der Waals surface area (Å²) in [5.41, 5.74) is 2.72. The van der Waals surface area contributed by atoms with E-state index in [1.54, 1.807) is 25.6 Å². The lowest BCUT2D eigenvalue weighted by Crippen LogP contribution is -2.50. The van der Waals surface area contributed by atoms with E-state index in [9.17, 15) is 4.79 Å². The van der Waals surface area contributed by atoms with Crippen LogP contribution in [-0.4, -0.2) is 56.3 Å². The van der Waals surface area contributed by atoms with Crippen LogP contribution < -0.4 is 19.7 Å². The van der Waals surface area contributed by atoms with Crippen molar-refractivity contribution in [1.82, 2.24) is 9.88 Å². The molecule has 0 atom stereocenters. The quantitative estimate of drug-likeness (QED) is 0.702. The maximum absolute atomic E-state index is 12.6. The number of carbonyl (C=O) groups is 1. The topological polar surface area (TPSA) is 66.9 Å². The predicted octanol–water partition coefficient (Wildman–Crippen LogP) is 3.98. The Morgan fingerprint density at radius 1 is 1.03 bits per heavy atom. The molecule has 1 N–H and O–H groups in total. The van der Waals surface area contributed by atoms with E-state index in [1.165, 1.54) is 0 Å². The van der Waals surface area contributed by atoms with Crippen molar-refractivity contribution in [2.24, 2.45) is 0 Å². The summed E-state index contributed by atoms with van der Waals surface area (Å²) in [4.78, 5) is 21.5. The van der Waals surface area contributed by atoms with E-state index in [0.29, 0.717) is 13.1 Å². The highest BCUT2D eigenvalue weighted by Gasteiger charge is 2.24. The number of benzene rings is 2. The van der Waals surface area contributed by atoms with Crippen molar-refractivity contribution in [3.8, 4) is 11.5 Å². The molecule has 1 aliphatic rings. The van der Waals surface area contributed by atoms with E-state index in [-0.39, 0.29) is 6.03 Å². The Hall–Kier alpha value is -3.00. The van der Waals surface area contributed by atoms with E-state index in [0.717, 1.165) is 51.2 Å². The molecule has 0 aliphatic carbocycles. The second-order valence-corrected chi connectivity index (χ2v) is 7.84. The van der Waals surface area contributed by atoms with E-state index < -0.39 is 0 Å². The van der Waals surface area contributed by atoms with Crippen molar-refractivity contribution in [2.75, 3.05) is 50.6 Å². The number of thiazole rings is 1. The molecule has 1 saturated heterocycles. The molecule has 3 aromatic rings. The number of aromatic nitrogens is 1. The third-order valence-electron chi connectivity index (χ3n) is 5.12. The number of aryl methyl sites for hydroxylation is 1. The fourth-order valence-electron chi connectivity index (χ4n) is 3.42. The highest BCUT2D eigenvalue weighted by molar-refractivity contribution is 7.22. The van der Waals surface area contributed by atoms with E-state index >= 15 is 0 Å². The van der Waals surface area contributed by atoms with Gasteiger partial charge in [-0.15, -0.1) is 0 Å². The normalized spacial score (nSPS) is 14.2. The Labute approximate surface area is 173 Å². The number of rotatable bonds is 4. The molecule has 0 spiro atoms. The number of methoxy groups -OCH3 is 2. The number of nitrogens with one attached hydrogen (secondary N) is 1. The van der Waals surface area contributed by atoms with Crippen molar-refractivity contribution in [2.45, 2.75) is 6.92 Å². The van der Waals surface area contributed by atoms with Gasteiger partial charge in [0.05, 0.1) is 14.2 Å². The Morgan fingerprint density at radius 2 is 1.72 bits per heavy atom. The molecular formula is C21H24N4O3S. The minimum Gasteiger partial charge on any atom is -0.495 e. The summed E-state index contributed by atoms with van der Waals surface area (Å²) in [7, 11) is 3.30. The summed E-state index contributed by atoms with van der Waals surface area (Å²) >= 11 is 1.59. The van der Waals surface area contributed by atoms with Gasteiger partial charge in [0, 0.05) is 31.9 Å². The van der Waals surface area contributed by atoms with Gasteiger partial charge in [-0.3, -0.25) is 0 Å². The summed E-state index contributed by atoms with van der Waals surface area (Å²) in [6.45, 7) is 4.73. The van der Waals surface area contributed by atoms with Crippen LogP contribution in [0.25, 0.3) is 10.2 Å². The van der Waals surface area contributed by atoms with Crippen LogP contribution in [0.15, 0.2) is 36.4 Å². The first-order valence-corrected chi connectivity index (χ1v) is 10.3. The lowest BCUT2D eigenvalue weighted by Gasteiger charge is -2.34. The molecule has 1 fully saturated rings. The molecule has 0 saturated carbocycles. The number of amides is 2. The number of carbonyl (C=O) groups excluding carboxylic acids is 1. The molecule has 8 heteroatoms. The summed E-state index contributed by atoms with van der Waals surface area (Å²) in [5, 5.41) is 3.93. The van der Waals surface area contributed by atoms with Gasteiger partial charge < -0.3 is 24.6 Å². The Morgan fingerprint density at radius 3 is 2.41 bits per heavy atom. The summed E-state index contributed by atoms with van der Waals surface area (Å²) < 4.78 is 11.9. The lowest BCUT2D eigenvalue weighted by molar-refractivity contribution is 0.208. The van der Waals surface area contributed by atoms with E-state index in [1.807, 2.05) is 48.2 Å². The van der Waals surface area contributed by atoms with Crippen LogP contribution in [0.1, 0.15) is 5.56 Å². The Balaban J connectivity index is 1.46. The van der Waals surface area contributed by atoms with Gasteiger partial charge in [-0.05, 0) is 30.7 Å². The van der Waals surface area contributed by atoms with Crippen LogP contribution >= 0.6 is 11.3 Å². The second kappa shape index (κ2) is 8.16. The molecule has 0 radical (unpaired) electrons. The lowest BCUT2D eigenvalue weighted by atomic mass is 10.2. The number of fused-ring (bicyclic) bond motifs is 1.